The SMILES string of the molecule is Cc1c(C(=O)N[C@@H](Cc2ccccc2)C(=O)C(=O)NCCN2CCOCC2)oc2cc3c(cc2c1=O)OCCO3. The number of ether oxygens (including phenoxy) is 3. The zero-order chi connectivity index (χ0) is 28.1. The molecule has 0 aliphatic carbocycles. The number of Topliss-reactive ketones (excluding diaryl/α,β-unsaturated/α-hetero) is 1. The van der Waals surface area contributed by atoms with Crippen molar-refractivity contribution in [2.45, 2.75) is 19.4 Å². The Morgan fingerprint density at radius 1 is 0.975 bits per heavy atom. The van der Waals surface area contributed by atoms with Gasteiger partial charge in [-0.25, -0.2) is 0 Å². The molecule has 11 nitrogen and oxygen atoms in total. The smallest absolute Gasteiger partial charge is 0.289 e. The van der Waals surface area contributed by atoms with E-state index < -0.39 is 29.1 Å². The molecule has 1 aromatic heterocycles. The second-order valence-electron chi connectivity index (χ2n) is 9.67. The maximum absolute atomic E-state index is 13.4. The Morgan fingerprint density at radius 3 is 2.40 bits per heavy atom. The first-order chi connectivity index (χ1) is 19.4. The zero-order valence-electron chi connectivity index (χ0n) is 22.2. The molecule has 0 radical (unpaired) electrons. The second-order valence-corrected chi connectivity index (χ2v) is 9.67. The van der Waals surface area contributed by atoms with Crippen molar-refractivity contribution in [3.8, 4) is 11.5 Å². The van der Waals surface area contributed by atoms with Crippen LogP contribution in [0.1, 0.15) is 21.7 Å². The number of hydrogen-bond acceptors (Lipinski definition) is 9. The number of nitrogens with zero attached hydrogens (tertiary/aromatic N) is 1. The molecule has 40 heavy (non-hydrogen) atoms. The van der Waals surface area contributed by atoms with Gasteiger partial charge in [-0.1, -0.05) is 30.3 Å². The van der Waals surface area contributed by atoms with E-state index in [4.69, 9.17) is 18.6 Å². The van der Waals surface area contributed by atoms with Gasteiger partial charge >= 0.3 is 0 Å². The summed E-state index contributed by atoms with van der Waals surface area (Å²) in [5.74, 6) is -1.78. The summed E-state index contributed by atoms with van der Waals surface area (Å²) in [6, 6.07) is 10.9. The maximum atomic E-state index is 13.4. The van der Waals surface area contributed by atoms with Crippen molar-refractivity contribution in [2.24, 2.45) is 0 Å². The predicted octanol–water partition coefficient (Wildman–Crippen LogP) is 1.23. The van der Waals surface area contributed by atoms with E-state index in [0.717, 1.165) is 18.7 Å². The van der Waals surface area contributed by atoms with Gasteiger partial charge in [-0.2, -0.15) is 0 Å². The van der Waals surface area contributed by atoms with Gasteiger partial charge in [0.2, 0.25) is 5.78 Å². The van der Waals surface area contributed by atoms with Gasteiger partial charge in [0, 0.05) is 44.2 Å². The Kier molecular flexibility index (Phi) is 8.42. The van der Waals surface area contributed by atoms with E-state index in [9.17, 15) is 19.2 Å². The largest absolute Gasteiger partial charge is 0.486 e. The number of fused-ring (bicyclic) bond motifs is 2. The Balaban J connectivity index is 1.35. The number of rotatable bonds is 9. The van der Waals surface area contributed by atoms with Gasteiger partial charge in [0.25, 0.3) is 11.8 Å². The predicted molar refractivity (Wildman–Crippen MR) is 145 cm³/mol. The van der Waals surface area contributed by atoms with Crippen LogP contribution >= 0.6 is 0 Å². The van der Waals surface area contributed by atoms with Crippen molar-refractivity contribution in [1.29, 1.82) is 0 Å². The van der Waals surface area contributed by atoms with Crippen molar-refractivity contribution in [3.05, 3.63) is 69.6 Å². The summed E-state index contributed by atoms with van der Waals surface area (Å²) in [5, 5.41) is 5.54. The first-order valence-electron chi connectivity index (χ1n) is 13.2. The molecule has 1 fully saturated rings. The number of carbonyl (C=O) groups excluding carboxylic acids is 3. The number of amides is 2. The van der Waals surface area contributed by atoms with Gasteiger partial charge < -0.3 is 29.3 Å². The minimum atomic E-state index is -1.18. The highest BCUT2D eigenvalue weighted by Crippen LogP contribution is 2.34. The number of nitrogens with one attached hydrogen (secondary N) is 2. The van der Waals surface area contributed by atoms with Gasteiger partial charge in [-0.3, -0.25) is 24.1 Å². The average Bonchev–Trinajstić information content (AvgIpc) is 2.98. The molecule has 2 aliphatic heterocycles. The molecule has 11 heteroatoms. The molecule has 2 aliphatic rings. The summed E-state index contributed by atoms with van der Waals surface area (Å²) < 4.78 is 22.3. The number of morpholine rings is 1. The minimum absolute atomic E-state index is 0.0718. The van der Waals surface area contributed by atoms with E-state index >= 15 is 0 Å². The summed E-state index contributed by atoms with van der Waals surface area (Å²) in [6.07, 6.45) is 0.0812. The number of benzene rings is 2. The van der Waals surface area contributed by atoms with Gasteiger partial charge in [0.15, 0.2) is 22.7 Å². The lowest BCUT2D eigenvalue weighted by Gasteiger charge is -2.26. The van der Waals surface area contributed by atoms with Crippen LogP contribution in [0.2, 0.25) is 0 Å². The lowest BCUT2D eigenvalue weighted by Crippen LogP contribution is -2.50. The summed E-state index contributed by atoms with van der Waals surface area (Å²) in [4.78, 5) is 54.7. The Labute approximate surface area is 230 Å². The molecule has 2 N–H and O–H groups in total. The van der Waals surface area contributed by atoms with Crippen molar-refractivity contribution >= 4 is 28.6 Å². The third kappa shape index (κ3) is 6.16. The molecular weight excluding hydrogens is 518 g/mol. The fraction of sp³-hybridized carbons (Fsp3) is 0.379. The molecule has 1 atom stereocenters. The van der Waals surface area contributed by atoms with E-state index in [0.29, 0.717) is 44.5 Å². The molecule has 5 rings (SSSR count). The summed E-state index contributed by atoms with van der Waals surface area (Å²) in [7, 11) is 0. The molecule has 0 spiro atoms. The van der Waals surface area contributed by atoms with Gasteiger partial charge in [-0.15, -0.1) is 0 Å². The zero-order valence-corrected chi connectivity index (χ0v) is 22.2. The average molecular weight is 550 g/mol. The molecule has 3 heterocycles. The van der Waals surface area contributed by atoms with E-state index in [1.807, 2.05) is 6.07 Å². The number of hydrogen-bond donors (Lipinski definition) is 2. The number of carbonyl (C=O) groups is 3. The van der Waals surface area contributed by atoms with Crippen molar-refractivity contribution in [1.82, 2.24) is 15.5 Å². The van der Waals surface area contributed by atoms with Gasteiger partial charge in [0.1, 0.15) is 24.8 Å². The highest BCUT2D eigenvalue weighted by Gasteiger charge is 2.30. The first-order valence-corrected chi connectivity index (χ1v) is 13.2. The van der Waals surface area contributed by atoms with Crippen LogP contribution in [0.15, 0.2) is 51.7 Å². The Bertz CT molecular complexity index is 1460. The van der Waals surface area contributed by atoms with E-state index in [1.165, 1.54) is 19.1 Å². The van der Waals surface area contributed by atoms with Crippen LogP contribution in [-0.4, -0.2) is 81.1 Å². The fourth-order valence-corrected chi connectivity index (χ4v) is 4.72. The van der Waals surface area contributed by atoms with Crippen LogP contribution in [-0.2, 0) is 20.7 Å². The van der Waals surface area contributed by atoms with Gasteiger partial charge in [0.05, 0.1) is 18.6 Å². The van der Waals surface area contributed by atoms with Crippen molar-refractivity contribution < 1.29 is 33.0 Å². The topological polar surface area (TPSA) is 136 Å². The van der Waals surface area contributed by atoms with Crippen LogP contribution in [0.4, 0.5) is 0 Å². The highest BCUT2D eigenvalue weighted by atomic mass is 16.6. The monoisotopic (exact) mass is 549 g/mol. The van der Waals surface area contributed by atoms with Crippen LogP contribution in [0.3, 0.4) is 0 Å². The molecule has 210 valence electrons. The van der Waals surface area contributed by atoms with Crippen LogP contribution in [0.25, 0.3) is 11.0 Å². The molecule has 0 saturated carbocycles. The third-order valence-electron chi connectivity index (χ3n) is 6.93. The van der Waals surface area contributed by atoms with Gasteiger partial charge in [-0.05, 0) is 18.6 Å². The van der Waals surface area contributed by atoms with Crippen LogP contribution in [0.5, 0.6) is 11.5 Å². The van der Waals surface area contributed by atoms with Crippen LogP contribution < -0.4 is 25.5 Å². The van der Waals surface area contributed by atoms with E-state index in [2.05, 4.69) is 15.5 Å². The molecule has 1 saturated heterocycles. The summed E-state index contributed by atoms with van der Waals surface area (Å²) in [5.41, 5.74) is 0.567. The standard InChI is InChI=1S/C29H31N3O8/c1-18-25(33)20-16-23-24(39-14-13-38-23)17-22(20)40-27(18)29(36)31-21(15-19-5-3-2-4-6-19)26(34)28(35)30-7-8-32-9-11-37-12-10-32/h2-6,16-17,21H,7-15H2,1H3,(H,30,35)(H,31,36)/t21-/m0/s1. The molecule has 0 bridgehead atoms. The number of ketones is 1. The molecule has 0 unspecified atom stereocenters. The molecular formula is C29H31N3O8. The normalized spacial score (nSPS) is 15.8. The van der Waals surface area contributed by atoms with E-state index in [-0.39, 0.29) is 35.3 Å². The first kappa shape index (κ1) is 27.4. The summed E-state index contributed by atoms with van der Waals surface area (Å²) in [6.45, 7) is 5.83. The van der Waals surface area contributed by atoms with Crippen LogP contribution in [0, 0.1) is 6.92 Å². The summed E-state index contributed by atoms with van der Waals surface area (Å²) >= 11 is 0. The molecule has 3 aromatic rings. The fourth-order valence-electron chi connectivity index (χ4n) is 4.72. The molecule has 2 amide bonds. The maximum Gasteiger partial charge on any atom is 0.289 e. The lowest BCUT2D eigenvalue weighted by molar-refractivity contribution is -0.139. The molecule has 2 aromatic carbocycles. The quantitative estimate of drug-likeness (QED) is 0.378. The minimum Gasteiger partial charge on any atom is -0.486 e. The van der Waals surface area contributed by atoms with Crippen molar-refractivity contribution in [3.63, 3.8) is 0 Å². The van der Waals surface area contributed by atoms with Crippen molar-refractivity contribution in [2.75, 3.05) is 52.6 Å². The Morgan fingerprint density at radius 2 is 1.68 bits per heavy atom. The Hall–Kier alpha value is -4.22. The second kappa shape index (κ2) is 12.3. The van der Waals surface area contributed by atoms with E-state index in [1.54, 1.807) is 24.3 Å². The lowest BCUT2D eigenvalue weighted by atomic mass is 10.0. The third-order valence-corrected chi connectivity index (χ3v) is 6.93. The highest BCUT2D eigenvalue weighted by molar-refractivity contribution is 6.38.